The van der Waals surface area contributed by atoms with Crippen LogP contribution in [-0.2, 0) is 29.9 Å². The Bertz CT molecular complexity index is 1330. The van der Waals surface area contributed by atoms with E-state index in [1.165, 1.54) is 16.7 Å². The number of aryl methyl sites for hydroxylation is 3. The lowest BCUT2D eigenvalue weighted by molar-refractivity contribution is 0.527. The fourth-order valence-electron chi connectivity index (χ4n) is 3.10. The van der Waals surface area contributed by atoms with E-state index in [0.717, 1.165) is 24.1 Å². The number of benzene rings is 2. The summed E-state index contributed by atoms with van der Waals surface area (Å²) in [7, 11) is -2.26. The topological polar surface area (TPSA) is 94.2 Å². The van der Waals surface area contributed by atoms with Gasteiger partial charge in [-0.25, -0.2) is 13.2 Å². The van der Waals surface area contributed by atoms with Gasteiger partial charge >= 0.3 is 5.76 Å². The summed E-state index contributed by atoms with van der Waals surface area (Å²) in [6.07, 6.45) is 3.26. The van der Waals surface area contributed by atoms with Crippen LogP contribution in [0.4, 0.5) is 5.69 Å². The Hall–Kier alpha value is -3.39. The van der Waals surface area contributed by atoms with Gasteiger partial charge in [0.2, 0.25) is 0 Å². The van der Waals surface area contributed by atoms with Crippen molar-refractivity contribution in [2.45, 2.75) is 17.7 Å². The first-order chi connectivity index (χ1) is 13.9. The summed E-state index contributed by atoms with van der Waals surface area (Å²) in [5.41, 5.74) is 3.21. The van der Waals surface area contributed by atoms with E-state index in [0.29, 0.717) is 11.2 Å². The maximum Gasteiger partial charge on any atom is 0.419 e. The summed E-state index contributed by atoms with van der Waals surface area (Å²) in [6.45, 7) is 0. The molecule has 4 aromatic rings. The molecular formula is C21H19N3O4S. The zero-order valence-corrected chi connectivity index (χ0v) is 16.5. The molecule has 0 aliphatic rings. The van der Waals surface area contributed by atoms with Crippen molar-refractivity contribution in [3.8, 4) is 0 Å². The van der Waals surface area contributed by atoms with E-state index in [-0.39, 0.29) is 10.5 Å². The molecule has 0 spiro atoms. The lowest BCUT2D eigenvalue weighted by Gasteiger charge is -2.10. The van der Waals surface area contributed by atoms with E-state index in [1.54, 1.807) is 25.4 Å². The highest BCUT2D eigenvalue weighted by molar-refractivity contribution is 7.92. The largest absolute Gasteiger partial charge is 0.419 e. The van der Waals surface area contributed by atoms with Gasteiger partial charge in [0.15, 0.2) is 5.58 Å². The second-order valence-corrected chi connectivity index (χ2v) is 8.37. The van der Waals surface area contributed by atoms with Crippen LogP contribution in [0.25, 0.3) is 11.1 Å². The van der Waals surface area contributed by atoms with Crippen LogP contribution in [0.2, 0.25) is 0 Å². The number of aromatic nitrogens is 2. The molecule has 0 amide bonds. The molecule has 2 aromatic heterocycles. The van der Waals surface area contributed by atoms with Crippen LogP contribution >= 0.6 is 0 Å². The number of pyridine rings is 1. The van der Waals surface area contributed by atoms with E-state index in [1.807, 2.05) is 36.4 Å². The maximum atomic E-state index is 12.8. The van der Waals surface area contributed by atoms with Crippen molar-refractivity contribution in [2.24, 2.45) is 7.05 Å². The number of hydrogen-bond donors (Lipinski definition) is 1. The first-order valence-electron chi connectivity index (χ1n) is 9.04. The molecule has 0 radical (unpaired) electrons. The number of fused-ring (bicyclic) bond motifs is 1. The number of sulfonamides is 1. The minimum atomic E-state index is -3.83. The van der Waals surface area contributed by atoms with Crippen molar-refractivity contribution in [2.75, 3.05) is 4.72 Å². The molecule has 8 heteroatoms. The fraction of sp³-hybridized carbons (Fsp3) is 0.143. The number of nitrogens with one attached hydrogen (secondary N) is 1. The SMILES string of the molecule is Cn1c(=O)oc2cc(S(=O)(=O)Nc3cccc(CCc4ccccn4)c3)ccc21. The average molecular weight is 409 g/mol. The molecule has 0 aliphatic heterocycles. The minimum Gasteiger partial charge on any atom is -0.408 e. The number of rotatable bonds is 6. The summed E-state index contributed by atoms with van der Waals surface area (Å²) < 4.78 is 34.6. The standard InChI is InChI=1S/C21H19N3O4S/c1-24-19-11-10-18(14-20(19)28-21(24)25)29(26,27)23-17-7-4-5-15(13-17)8-9-16-6-2-3-12-22-16/h2-7,10-14,23H,8-9H2,1H3. The van der Waals surface area contributed by atoms with Crippen LogP contribution in [0.1, 0.15) is 11.3 Å². The molecule has 2 aromatic carbocycles. The van der Waals surface area contributed by atoms with Crippen molar-refractivity contribution >= 4 is 26.8 Å². The van der Waals surface area contributed by atoms with Crippen molar-refractivity contribution < 1.29 is 12.8 Å². The van der Waals surface area contributed by atoms with Gasteiger partial charge in [-0.15, -0.1) is 0 Å². The average Bonchev–Trinajstić information content (AvgIpc) is 3.00. The van der Waals surface area contributed by atoms with Crippen molar-refractivity contribution in [1.82, 2.24) is 9.55 Å². The van der Waals surface area contributed by atoms with E-state index >= 15 is 0 Å². The molecule has 0 bridgehead atoms. The Morgan fingerprint density at radius 3 is 2.69 bits per heavy atom. The third-order valence-electron chi connectivity index (χ3n) is 4.65. The molecule has 0 fully saturated rings. The number of hydrogen-bond acceptors (Lipinski definition) is 5. The minimum absolute atomic E-state index is 0.0261. The van der Waals surface area contributed by atoms with Gasteiger partial charge in [-0.05, 0) is 54.8 Å². The molecule has 7 nitrogen and oxygen atoms in total. The van der Waals surface area contributed by atoms with Crippen LogP contribution in [0.3, 0.4) is 0 Å². The predicted octanol–water partition coefficient (Wildman–Crippen LogP) is 3.11. The molecule has 4 rings (SSSR count). The molecule has 0 unspecified atom stereocenters. The highest BCUT2D eigenvalue weighted by Gasteiger charge is 2.17. The van der Waals surface area contributed by atoms with Crippen molar-refractivity contribution in [1.29, 1.82) is 0 Å². The number of nitrogens with zero attached hydrogens (tertiary/aromatic N) is 2. The summed E-state index contributed by atoms with van der Waals surface area (Å²) >= 11 is 0. The Morgan fingerprint density at radius 1 is 1.03 bits per heavy atom. The lowest BCUT2D eigenvalue weighted by atomic mass is 10.1. The second kappa shape index (κ2) is 7.56. The van der Waals surface area contributed by atoms with E-state index in [2.05, 4.69) is 9.71 Å². The zero-order valence-electron chi connectivity index (χ0n) is 15.7. The summed E-state index contributed by atoms with van der Waals surface area (Å²) in [5, 5.41) is 0. The fourth-order valence-corrected chi connectivity index (χ4v) is 4.17. The summed E-state index contributed by atoms with van der Waals surface area (Å²) in [4.78, 5) is 15.9. The highest BCUT2D eigenvalue weighted by Crippen LogP contribution is 2.21. The van der Waals surface area contributed by atoms with Gasteiger partial charge < -0.3 is 4.42 Å². The van der Waals surface area contributed by atoms with Crippen molar-refractivity contribution in [3.63, 3.8) is 0 Å². The van der Waals surface area contributed by atoms with E-state index in [4.69, 9.17) is 4.42 Å². The molecular weight excluding hydrogens is 390 g/mol. The van der Waals surface area contributed by atoms with Crippen LogP contribution < -0.4 is 10.5 Å². The first kappa shape index (κ1) is 18.9. The van der Waals surface area contributed by atoms with E-state index in [9.17, 15) is 13.2 Å². The molecule has 0 saturated carbocycles. The molecule has 0 atom stereocenters. The van der Waals surface area contributed by atoms with E-state index < -0.39 is 15.8 Å². The lowest BCUT2D eigenvalue weighted by Crippen LogP contribution is -2.13. The van der Waals surface area contributed by atoms with Crippen LogP contribution in [0.15, 0.2) is 81.0 Å². The van der Waals surface area contributed by atoms with Gasteiger partial charge in [0.05, 0.1) is 10.4 Å². The highest BCUT2D eigenvalue weighted by atomic mass is 32.2. The van der Waals surface area contributed by atoms with Gasteiger partial charge in [-0.3, -0.25) is 14.3 Å². The molecule has 29 heavy (non-hydrogen) atoms. The number of anilines is 1. The maximum absolute atomic E-state index is 12.8. The molecule has 148 valence electrons. The normalized spacial score (nSPS) is 11.6. The molecule has 0 aliphatic carbocycles. The summed E-state index contributed by atoms with van der Waals surface area (Å²) in [6, 6.07) is 17.4. The Morgan fingerprint density at radius 2 is 1.90 bits per heavy atom. The molecule has 0 saturated heterocycles. The predicted molar refractivity (Wildman–Crippen MR) is 110 cm³/mol. The van der Waals surface area contributed by atoms with Crippen LogP contribution in [0.5, 0.6) is 0 Å². The Kier molecular flexibility index (Phi) is 4.94. The zero-order chi connectivity index (χ0) is 20.4. The third-order valence-corrected chi connectivity index (χ3v) is 6.03. The van der Waals surface area contributed by atoms with Crippen molar-refractivity contribution in [3.05, 3.63) is 88.7 Å². The van der Waals surface area contributed by atoms with Gasteiger partial charge in [0.1, 0.15) is 0 Å². The third kappa shape index (κ3) is 4.07. The van der Waals surface area contributed by atoms with Gasteiger partial charge in [0.25, 0.3) is 10.0 Å². The van der Waals surface area contributed by atoms with Gasteiger partial charge in [-0.2, -0.15) is 0 Å². The second-order valence-electron chi connectivity index (χ2n) is 6.68. The smallest absolute Gasteiger partial charge is 0.408 e. The monoisotopic (exact) mass is 409 g/mol. The van der Waals surface area contributed by atoms with Gasteiger partial charge in [0, 0.05) is 30.7 Å². The quantitative estimate of drug-likeness (QED) is 0.528. The molecule has 2 heterocycles. The van der Waals surface area contributed by atoms with Crippen LogP contribution in [-0.4, -0.2) is 18.0 Å². The molecule has 1 N–H and O–H groups in total. The van der Waals surface area contributed by atoms with Gasteiger partial charge in [-0.1, -0.05) is 18.2 Å². The Balaban J connectivity index is 1.54. The first-order valence-corrected chi connectivity index (χ1v) is 10.5. The van der Waals surface area contributed by atoms with Crippen LogP contribution in [0, 0.1) is 0 Å². The Labute approximate surface area is 167 Å². The number of oxazole rings is 1. The summed E-state index contributed by atoms with van der Waals surface area (Å²) in [5.74, 6) is -0.539.